The zero-order valence-electron chi connectivity index (χ0n) is 15.6. The van der Waals surface area contributed by atoms with Crippen molar-refractivity contribution < 1.29 is 9.53 Å². The minimum Gasteiger partial charge on any atom is -0.463 e. The van der Waals surface area contributed by atoms with Gasteiger partial charge in [0.05, 0.1) is 28.6 Å². The number of carbonyl (C=O) groups is 1. The third-order valence-electron chi connectivity index (χ3n) is 4.35. The molecule has 4 heterocycles. The molecule has 0 unspecified atom stereocenters. The number of allylic oxidation sites excluding steroid dienone is 1. The highest BCUT2D eigenvalue weighted by Gasteiger charge is 2.33. The molecule has 0 radical (unpaired) electrons. The van der Waals surface area contributed by atoms with Gasteiger partial charge >= 0.3 is 5.97 Å². The number of thiazole rings is 1. The van der Waals surface area contributed by atoms with Crippen LogP contribution in [0.5, 0.6) is 0 Å². The Morgan fingerprint density at radius 1 is 1.43 bits per heavy atom. The highest BCUT2D eigenvalue weighted by atomic mass is 32.1. The maximum atomic E-state index is 13.2. The first-order valence-corrected chi connectivity index (χ1v) is 10.4. The minimum atomic E-state index is -0.536. The lowest BCUT2D eigenvalue weighted by atomic mass is 10.0. The molecule has 3 aromatic rings. The van der Waals surface area contributed by atoms with Gasteiger partial charge in [0.25, 0.3) is 5.56 Å². The second kappa shape index (κ2) is 7.33. The predicted octanol–water partition coefficient (Wildman–Crippen LogP) is 1.59. The summed E-state index contributed by atoms with van der Waals surface area (Å²) < 4.78 is 9.08. The van der Waals surface area contributed by atoms with Crippen LogP contribution < -0.4 is 14.9 Å². The smallest absolute Gasteiger partial charge is 0.338 e. The van der Waals surface area contributed by atoms with E-state index in [4.69, 9.17) is 4.74 Å². The summed E-state index contributed by atoms with van der Waals surface area (Å²) in [5.41, 5.74) is 1.64. The Kier molecular flexibility index (Phi) is 4.86. The first kappa shape index (κ1) is 18.6. The summed E-state index contributed by atoms with van der Waals surface area (Å²) in [7, 11) is 1.82. The SMILES string of the molecule is CCOC(=O)C1=C(C)N=c2s/c(=C/c3cnn(C)c3)c(=O)n2[C@@H]1c1cccs1. The van der Waals surface area contributed by atoms with Gasteiger partial charge in [-0.25, -0.2) is 9.79 Å². The molecule has 7 nitrogen and oxygen atoms in total. The van der Waals surface area contributed by atoms with E-state index in [0.29, 0.717) is 20.6 Å². The van der Waals surface area contributed by atoms with Crippen molar-refractivity contribution in [2.24, 2.45) is 12.0 Å². The van der Waals surface area contributed by atoms with Crippen LogP contribution in [0.3, 0.4) is 0 Å². The number of esters is 1. The van der Waals surface area contributed by atoms with Gasteiger partial charge in [0.2, 0.25) is 0 Å². The van der Waals surface area contributed by atoms with E-state index in [-0.39, 0.29) is 12.2 Å². The molecule has 0 fully saturated rings. The molecule has 1 aliphatic rings. The van der Waals surface area contributed by atoms with Gasteiger partial charge in [0, 0.05) is 23.7 Å². The summed E-state index contributed by atoms with van der Waals surface area (Å²) in [6, 6.07) is 3.29. The first-order chi connectivity index (χ1) is 13.5. The molecule has 0 N–H and O–H groups in total. The van der Waals surface area contributed by atoms with Gasteiger partial charge in [-0.2, -0.15) is 5.10 Å². The quantitative estimate of drug-likeness (QED) is 0.608. The Morgan fingerprint density at radius 2 is 2.25 bits per heavy atom. The molecule has 1 atom stereocenters. The molecular formula is C19H18N4O3S2. The number of aromatic nitrogens is 3. The van der Waals surface area contributed by atoms with Gasteiger partial charge in [-0.3, -0.25) is 14.0 Å². The topological polar surface area (TPSA) is 78.5 Å². The van der Waals surface area contributed by atoms with E-state index in [1.807, 2.05) is 30.8 Å². The van der Waals surface area contributed by atoms with Crippen LogP contribution in [-0.2, 0) is 16.6 Å². The van der Waals surface area contributed by atoms with Crippen molar-refractivity contribution in [3.63, 3.8) is 0 Å². The van der Waals surface area contributed by atoms with Crippen molar-refractivity contribution in [3.8, 4) is 0 Å². The van der Waals surface area contributed by atoms with E-state index in [2.05, 4.69) is 10.1 Å². The van der Waals surface area contributed by atoms with Crippen LogP contribution in [0.15, 0.2) is 51.0 Å². The van der Waals surface area contributed by atoms with Crippen LogP contribution in [0.25, 0.3) is 6.08 Å². The molecule has 4 rings (SSSR count). The number of nitrogens with zero attached hydrogens (tertiary/aromatic N) is 4. The van der Waals surface area contributed by atoms with Crippen molar-refractivity contribution in [2.75, 3.05) is 6.61 Å². The number of ether oxygens (including phenoxy) is 1. The van der Waals surface area contributed by atoms with E-state index in [0.717, 1.165) is 10.4 Å². The van der Waals surface area contributed by atoms with Gasteiger partial charge in [0.15, 0.2) is 4.80 Å². The number of rotatable bonds is 4. The van der Waals surface area contributed by atoms with Crippen LogP contribution in [0.1, 0.15) is 30.3 Å². The maximum Gasteiger partial charge on any atom is 0.338 e. The number of fused-ring (bicyclic) bond motifs is 1. The molecule has 0 saturated carbocycles. The zero-order valence-corrected chi connectivity index (χ0v) is 17.2. The summed E-state index contributed by atoms with van der Waals surface area (Å²) in [6.07, 6.45) is 5.33. The number of aryl methyl sites for hydroxylation is 1. The summed E-state index contributed by atoms with van der Waals surface area (Å²) >= 11 is 2.80. The highest BCUT2D eigenvalue weighted by molar-refractivity contribution is 7.10. The molecular weight excluding hydrogens is 396 g/mol. The largest absolute Gasteiger partial charge is 0.463 e. The standard InChI is InChI=1S/C19H18N4O3S2/c1-4-26-18(25)15-11(2)21-19-23(16(15)13-6-5-7-27-13)17(24)14(28-19)8-12-9-20-22(3)10-12/h5-10,16H,4H2,1-3H3/b14-8+/t16-/m1/s1. The van der Waals surface area contributed by atoms with Gasteiger partial charge in [0.1, 0.15) is 6.04 Å². The molecule has 0 saturated heterocycles. The van der Waals surface area contributed by atoms with Crippen LogP contribution in [-0.4, -0.2) is 26.9 Å². The second-order valence-corrected chi connectivity index (χ2v) is 8.25. The maximum absolute atomic E-state index is 13.2. The van der Waals surface area contributed by atoms with Crippen LogP contribution in [0.2, 0.25) is 0 Å². The van der Waals surface area contributed by atoms with Crippen molar-refractivity contribution in [2.45, 2.75) is 19.9 Å². The number of thiophene rings is 1. The molecule has 0 amide bonds. The van der Waals surface area contributed by atoms with E-state index in [9.17, 15) is 9.59 Å². The van der Waals surface area contributed by atoms with E-state index in [1.165, 1.54) is 22.7 Å². The Balaban J connectivity index is 1.95. The van der Waals surface area contributed by atoms with E-state index < -0.39 is 12.0 Å². The lowest BCUT2D eigenvalue weighted by molar-refractivity contribution is -0.139. The fraction of sp³-hybridized carbons (Fsp3) is 0.263. The van der Waals surface area contributed by atoms with Gasteiger partial charge in [-0.1, -0.05) is 17.4 Å². The molecule has 1 aliphatic heterocycles. The third kappa shape index (κ3) is 3.16. The molecule has 0 bridgehead atoms. The van der Waals surface area contributed by atoms with E-state index in [1.54, 1.807) is 35.4 Å². The monoisotopic (exact) mass is 414 g/mol. The fourth-order valence-corrected chi connectivity index (χ4v) is 5.04. The average Bonchev–Trinajstić information content (AvgIpc) is 3.37. The molecule has 0 aromatic carbocycles. The Hall–Kier alpha value is -2.78. The summed E-state index contributed by atoms with van der Waals surface area (Å²) in [5, 5.41) is 6.07. The lowest BCUT2D eigenvalue weighted by Crippen LogP contribution is -2.39. The molecule has 0 spiro atoms. The van der Waals surface area contributed by atoms with Crippen molar-refractivity contribution in [3.05, 3.63) is 71.3 Å². The number of carbonyl (C=O) groups excluding carboxylic acids is 1. The fourth-order valence-electron chi connectivity index (χ4n) is 3.17. The van der Waals surface area contributed by atoms with Crippen LogP contribution in [0, 0.1) is 0 Å². The Labute approximate surface area is 168 Å². The molecule has 0 aliphatic carbocycles. The van der Waals surface area contributed by atoms with Gasteiger partial charge in [-0.15, -0.1) is 11.3 Å². The minimum absolute atomic E-state index is 0.180. The molecule has 3 aromatic heterocycles. The molecule has 28 heavy (non-hydrogen) atoms. The van der Waals surface area contributed by atoms with Crippen molar-refractivity contribution in [1.82, 2.24) is 14.3 Å². The molecule has 144 valence electrons. The predicted molar refractivity (Wildman–Crippen MR) is 108 cm³/mol. The van der Waals surface area contributed by atoms with E-state index >= 15 is 0 Å². The summed E-state index contributed by atoms with van der Waals surface area (Å²) in [6.45, 7) is 3.81. The van der Waals surface area contributed by atoms with Crippen LogP contribution >= 0.6 is 22.7 Å². The van der Waals surface area contributed by atoms with Gasteiger partial charge in [-0.05, 0) is 31.4 Å². The lowest BCUT2D eigenvalue weighted by Gasteiger charge is -2.23. The summed E-state index contributed by atoms with van der Waals surface area (Å²) in [5.74, 6) is -0.441. The third-order valence-corrected chi connectivity index (χ3v) is 6.26. The van der Waals surface area contributed by atoms with Crippen molar-refractivity contribution >= 4 is 34.7 Å². The normalized spacial score (nSPS) is 16.8. The second-order valence-electron chi connectivity index (χ2n) is 6.27. The first-order valence-electron chi connectivity index (χ1n) is 8.71. The van der Waals surface area contributed by atoms with Crippen LogP contribution in [0.4, 0.5) is 0 Å². The Morgan fingerprint density at radius 3 is 2.89 bits per heavy atom. The van der Waals surface area contributed by atoms with Crippen molar-refractivity contribution in [1.29, 1.82) is 0 Å². The number of hydrogen-bond donors (Lipinski definition) is 0. The number of hydrogen-bond acceptors (Lipinski definition) is 7. The highest BCUT2D eigenvalue weighted by Crippen LogP contribution is 2.33. The van der Waals surface area contributed by atoms with Gasteiger partial charge < -0.3 is 4.74 Å². The average molecular weight is 415 g/mol. The molecule has 9 heteroatoms. The summed E-state index contributed by atoms with van der Waals surface area (Å²) in [4.78, 5) is 31.9. The zero-order chi connectivity index (χ0) is 19.8. The Bertz CT molecular complexity index is 1250.